The highest BCUT2D eigenvalue weighted by atomic mass is 35.5. The maximum absolute atomic E-state index is 5.84. The minimum Gasteiger partial charge on any atom is -0.338 e. The van der Waals surface area contributed by atoms with Gasteiger partial charge in [-0.3, -0.25) is 0 Å². The number of hydrogen-bond donors (Lipinski definition) is 1. The quantitative estimate of drug-likeness (QED) is 0.910. The predicted molar refractivity (Wildman–Crippen MR) is 75.1 cm³/mol. The highest BCUT2D eigenvalue weighted by Gasteiger charge is 2.20. The van der Waals surface area contributed by atoms with E-state index in [0.717, 1.165) is 31.5 Å². The molecule has 1 aromatic rings. The van der Waals surface area contributed by atoms with Crippen molar-refractivity contribution < 1.29 is 0 Å². The van der Waals surface area contributed by atoms with E-state index < -0.39 is 0 Å². The van der Waals surface area contributed by atoms with Gasteiger partial charge in [0.15, 0.2) is 0 Å². The Morgan fingerprint density at radius 3 is 2.50 bits per heavy atom. The molecule has 1 fully saturated rings. The van der Waals surface area contributed by atoms with Gasteiger partial charge in [-0.1, -0.05) is 11.6 Å². The fourth-order valence-corrected chi connectivity index (χ4v) is 2.42. The van der Waals surface area contributed by atoms with Crippen LogP contribution in [0, 0.1) is 5.92 Å². The molecule has 1 aromatic heterocycles. The summed E-state index contributed by atoms with van der Waals surface area (Å²) in [5.74, 6) is 1.51. The number of rotatable bonds is 4. The van der Waals surface area contributed by atoms with Crippen LogP contribution < -0.4 is 10.2 Å². The minimum atomic E-state index is 0.404. The molecular weight excluding hydrogens is 248 g/mol. The highest BCUT2D eigenvalue weighted by Crippen LogP contribution is 2.19. The third-order valence-electron chi connectivity index (χ3n) is 3.40. The Morgan fingerprint density at radius 2 is 1.94 bits per heavy atom. The smallest absolute Gasteiger partial charge is 0.225 e. The van der Waals surface area contributed by atoms with Crippen molar-refractivity contribution in [2.45, 2.75) is 32.7 Å². The third kappa shape index (κ3) is 3.56. The van der Waals surface area contributed by atoms with Gasteiger partial charge in [0.2, 0.25) is 5.95 Å². The van der Waals surface area contributed by atoms with E-state index in [1.54, 1.807) is 12.4 Å². The summed E-state index contributed by atoms with van der Waals surface area (Å²) in [6.07, 6.45) is 5.80. The van der Waals surface area contributed by atoms with Crippen LogP contribution in [-0.4, -0.2) is 35.6 Å². The summed E-state index contributed by atoms with van der Waals surface area (Å²) in [4.78, 5) is 10.9. The van der Waals surface area contributed by atoms with Gasteiger partial charge >= 0.3 is 0 Å². The topological polar surface area (TPSA) is 41.0 Å². The van der Waals surface area contributed by atoms with Crippen LogP contribution in [0.5, 0.6) is 0 Å². The van der Waals surface area contributed by atoms with Gasteiger partial charge in [-0.2, -0.15) is 0 Å². The lowest BCUT2D eigenvalue weighted by atomic mass is 9.97. The molecule has 0 amide bonds. The molecule has 0 aliphatic carbocycles. The lowest BCUT2D eigenvalue weighted by Crippen LogP contribution is -2.40. The van der Waals surface area contributed by atoms with E-state index in [1.807, 2.05) is 0 Å². The largest absolute Gasteiger partial charge is 0.338 e. The maximum Gasteiger partial charge on any atom is 0.225 e. The zero-order valence-electron chi connectivity index (χ0n) is 11.1. The number of anilines is 1. The first-order valence-corrected chi connectivity index (χ1v) is 6.99. The summed E-state index contributed by atoms with van der Waals surface area (Å²) in [7, 11) is 0. The fraction of sp³-hybridized carbons (Fsp3) is 0.692. The summed E-state index contributed by atoms with van der Waals surface area (Å²) in [6.45, 7) is 7.63. The Bertz CT molecular complexity index is 360. The van der Waals surface area contributed by atoms with Gasteiger partial charge in [0.25, 0.3) is 0 Å². The second-order valence-corrected chi connectivity index (χ2v) is 5.58. The molecule has 0 atom stereocenters. The van der Waals surface area contributed by atoms with Gasteiger partial charge in [-0.15, -0.1) is 0 Å². The average molecular weight is 269 g/mol. The third-order valence-corrected chi connectivity index (χ3v) is 3.60. The summed E-state index contributed by atoms with van der Waals surface area (Å²) in [5.41, 5.74) is 0. The van der Waals surface area contributed by atoms with Crippen LogP contribution >= 0.6 is 11.6 Å². The van der Waals surface area contributed by atoms with Crippen molar-refractivity contribution in [3.05, 3.63) is 17.4 Å². The Morgan fingerprint density at radius 1 is 1.33 bits per heavy atom. The lowest BCUT2D eigenvalue weighted by Gasteiger charge is -2.32. The summed E-state index contributed by atoms with van der Waals surface area (Å²) in [6, 6.07) is 0.404. The van der Waals surface area contributed by atoms with E-state index in [-0.39, 0.29) is 0 Å². The Hall–Kier alpha value is -0.870. The molecule has 4 nitrogen and oxygen atoms in total. The van der Waals surface area contributed by atoms with Crippen LogP contribution in [-0.2, 0) is 0 Å². The number of hydrogen-bond acceptors (Lipinski definition) is 4. The molecule has 0 bridgehead atoms. The molecule has 1 aliphatic rings. The SMILES string of the molecule is CC(C)N(CC1CCNCC1)c1ncc(Cl)cn1. The summed E-state index contributed by atoms with van der Waals surface area (Å²) in [5, 5.41) is 3.98. The molecule has 1 saturated heterocycles. The van der Waals surface area contributed by atoms with E-state index in [9.17, 15) is 0 Å². The molecule has 5 heteroatoms. The van der Waals surface area contributed by atoms with Crippen LogP contribution in [0.25, 0.3) is 0 Å². The van der Waals surface area contributed by atoms with Crippen LogP contribution in [0.4, 0.5) is 5.95 Å². The van der Waals surface area contributed by atoms with Crippen LogP contribution in [0.15, 0.2) is 12.4 Å². The van der Waals surface area contributed by atoms with Crippen molar-refractivity contribution in [2.24, 2.45) is 5.92 Å². The van der Waals surface area contributed by atoms with Crippen LogP contribution in [0.3, 0.4) is 0 Å². The van der Waals surface area contributed by atoms with Crippen molar-refractivity contribution in [3.63, 3.8) is 0 Å². The molecule has 1 N–H and O–H groups in total. The lowest BCUT2D eigenvalue weighted by molar-refractivity contribution is 0.366. The first kappa shape index (κ1) is 13.6. The first-order chi connectivity index (χ1) is 8.66. The molecular formula is C13H21ClN4. The molecule has 0 saturated carbocycles. The Labute approximate surface area is 114 Å². The number of halogens is 1. The second-order valence-electron chi connectivity index (χ2n) is 5.14. The van der Waals surface area contributed by atoms with E-state index in [2.05, 4.69) is 34.0 Å². The predicted octanol–water partition coefficient (Wildman–Crippen LogP) is 2.34. The standard InChI is InChI=1S/C13H21ClN4/c1-10(2)18(9-11-3-5-15-6-4-11)13-16-7-12(14)8-17-13/h7-8,10-11,15H,3-6,9H2,1-2H3. The van der Waals surface area contributed by atoms with Gasteiger partial charge in [-0.05, 0) is 45.7 Å². The monoisotopic (exact) mass is 268 g/mol. The van der Waals surface area contributed by atoms with Gasteiger partial charge in [0.05, 0.1) is 17.4 Å². The average Bonchev–Trinajstić information content (AvgIpc) is 2.38. The minimum absolute atomic E-state index is 0.404. The van der Waals surface area contributed by atoms with Gasteiger partial charge in [0.1, 0.15) is 0 Å². The molecule has 0 spiro atoms. The number of nitrogens with zero attached hydrogens (tertiary/aromatic N) is 3. The van der Waals surface area contributed by atoms with Crippen molar-refractivity contribution >= 4 is 17.5 Å². The van der Waals surface area contributed by atoms with E-state index in [0.29, 0.717) is 11.1 Å². The molecule has 100 valence electrons. The van der Waals surface area contributed by atoms with Gasteiger partial charge in [0, 0.05) is 12.6 Å². The molecule has 0 radical (unpaired) electrons. The second kappa shape index (κ2) is 6.34. The molecule has 1 aliphatic heterocycles. The van der Waals surface area contributed by atoms with E-state index >= 15 is 0 Å². The molecule has 2 heterocycles. The first-order valence-electron chi connectivity index (χ1n) is 6.61. The van der Waals surface area contributed by atoms with Crippen molar-refractivity contribution in [1.82, 2.24) is 15.3 Å². The van der Waals surface area contributed by atoms with Gasteiger partial charge < -0.3 is 10.2 Å². The molecule has 0 aromatic carbocycles. The fourth-order valence-electron chi connectivity index (χ4n) is 2.32. The summed E-state index contributed by atoms with van der Waals surface area (Å²) < 4.78 is 0. The van der Waals surface area contributed by atoms with Crippen molar-refractivity contribution in [3.8, 4) is 0 Å². The Balaban J connectivity index is 2.05. The van der Waals surface area contributed by atoms with E-state index in [1.165, 1.54) is 12.8 Å². The Kier molecular flexibility index (Phi) is 4.78. The highest BCUT2D eigenvalue weighted by molar-refractivity contribution is 6.30. The maximum atomic E-state index is 5.84. The van der Waals surface area contributed by atoms with Crippen molar-refractivity contribution in [1.29, 1.82) is 0 Å². The summed E-state index contributed by atoms with van der Waals surface area (Å²) >= 11 is 5.84. The zero-order valence-corrected chi connectivity index (χ0v) is 11.8. The molecule has 0 unspecified atom stereocenters. The number of nitrogens with one attached hydrogen (secondary N) is 1. The number of aromatic nitrogens is 2. The number of piperidine rings is 1. The van der Waals surface area contributed by atoms with Crippen LogP contribution in [0.2, 0.25) is 5.02 Å². The molecule has 2 rings (SSSR count). The van der Waals surface area contributed by atoms with Gasteiger partial charge in [-0.25, -0.2) is 9.97 Å². The normalized spacial score (nSPS) is 17.1. The van der Waals surface area contributed by atoms with Crippen LogP contribution in [0.1, 0.15) is 26.7 Å². The van der Waals surface area contributed by atoms with Crippen molar-refractivity contribution in [2.75, 3.05) is 24.5 Å². The van der Waals surface area contributed by atoms with E-state index in [4.69, 9.17) is 11.6 Å². The molecule has 18 heavy (non-hydrogen) atoms. The zero-order chi connectivity index (χ0) is 13.0.